The number of H-pyrrole nitrogens is 2. The molecule has 0 saturated carbocycles. The van der Waals surface area contributed by atoms with Gasteiger partial charge in [0.05, 0.1) is 96.8 Å². The van der Waals surface area contributed by atoms with Crippen LogP contribution in [0, 0.1) is 20.8 Å². The van der Waals surface area contributed by atoms with E-state index in [1.165, 1.54) is 9.36 Å². The predicted molar refractivity (Wildman–Crippen MR) is 473 cm³/mol. The first kappa shape index (κ1) is 93.6. The van der Waals surface area contributed by atoms with Gasteiger partial charge in [0.2, 0.25) is 0 Å². The summed E-state index contributed by atoms with van der Waals surface area (Å²) in [5.41, 5.74) is 14.9. The molecule has 0 amide bonds. The number of nitrogens with zero attached hydrogens (tertiary/aromatic N) is 19. The summed E-state index contributed by atoms with van der Waals surface area (Å²) in [6, 6.07) is 70.9. The number of halogens is 13. The van der Waals surface area contributed by atoms with Gasteiger partial charge in [-0.3, -0.25) is 10.2 Å². The van der Waals surface area contributed by atoms with E-state index in [0.29, 0.717) is 87.6 Å². The van der Waals surface area contributed by atoms with Crippen LogP contribution in [0.3, 0.4) is 0 Å². The topological polar surface area (TPSA) is 283 Å². The summed E-state index contributed by atoms with van der Waals surface area (Å²) in [7, 11) is 0. The Hall–Kier alpha value is -13.6. The summed E-state index contributed by atoms with van der Waals surface area (Å²) in [4.78, 5) is 32.5. The van der Waals surface area contributed by atoms with E-state index >= 15 is 0 Å². The first-order valence-corrected chi connectivity index (χ1v) is 43.0. The molecule has 17 aromatic rings. The van der Waals surface area contributed by atoms with Crippen LogP contribution in [-0.2, 0) is 60.0 Å². The molecular weight excluding hydrogens is 2000 g/mol. The maximum Gasteiger partial charge on any atom is 2.00 e. The molecule has 38 heteroatoms. The zero-order valence-corrected chi connectivity index (χ0v) is 75.1. The molecule has 3 saturated heterocycles. The van der Waals surface area contributed by atoms with Crippen LogP contribution in [0.1, 0.15) is 116 Å². The van der Waals surface area contributed by atoms with Crippen LogP contribution in [-0.4, -0.2) is 115 Å². The van der Waals surface area contributed by atoms with Crippen LogP contribution in [0.15, 0.2) is 247 Å². The Morgan fingerprint density at radius 1 is 0.313 bits per heavy atom. The fourth-order valence-corrected chi connectivity index (χ4v) is 15.6. The van der Waals surface area contributed by atoms with Crippen molar-refractivity contribution in [1.82, 2.24) is 105 Å². The minimum atomic E-state index is -4.58. The minimum absolute atomic E-state index is 0. The van der Waals surface area contributed by atoms with Crippen LogP contribution >= 0.6 is 15.9 Å². The number of hydrogen-bond donors (Lipinski definition) is 2. The number of nitrogens with one attached hydrogen (secondary N) is 2. The normalized spacial score (nSPS) is 15.3. The van der Waals surface area contributed by atoms with E-state index in [2.05, 4.69) is 76.8 Å². The number of pyridine rings is 7. The van der Waals surface area contributed by atoms with Crippen molar-refractivity contribution in [3.05, 3.63) is 287 Å². The average Bonchev–Trinajstić information content (AvgIpc) is 1.62. The Morgan fingerprint density at radius 2 is 0.649 bits per heavy atom. The molecule has 24 nitrogen and oxygen atoms in total. The van der Waals surface area contributed by atoms with E-state index in [-0.39, 0.29) is 44.4 Å². The van der Waals surface area contributed by atoms with E-state index in [1.807, 2.05) is 182 Å². The molecule has 0 aliphatic carbocycles. The number of benzene rings is 3. The van der Waals surface area contributed by atoms with Gasteiger partial charge in [-0.2, -0.15) is 78.2 Å². The zero-order chi connectivity index (χ0) is 92.7. The molecular formula is C96H78BrF12N21O3Pt. The zero-order valence-electron chi connectivity index (χ0n) is 71.3. The van der Waals surface area contributed by atoms with Crippen molar-refractivity contribution in [2.45, 2.75) is 122 Å². The van der Waals surface area contributed by atoms with Gasteiger partial charge in [-0.05, 0) is 234 Å². The third-order valence-electron chi connectivity index (χ3n) is 21.7. The summed E-state index contributed by atoms with van der Waals surface area (Å²) in [5, 5.41) is 40.4. The van der Waals surface area contributed by atoms with Crippen LogP contribution in [0.2, 0.25) is 0 Å². The Balaban J connectivity index is 0.000000133. The molecule has 0 bridgehead atoms. The van der Waals surface area contributed by atoms with Crippen molar-refractivity contribution in [1.29, 1.82) is 0 Å². The van der Waals surface area contributed by atoms with Gasteiger partial charge >= 0.3 is 45.8 Å². The van der Waals surface area contributed by atoms with Gasteiger partial charge in [0, 0.05) is 64.6 Å². The standard InChI is InChI=1S/C34H33F3N6O2.C24H17F3N6.C24H15F3N6.C14H13BrF3N3O.Pt/c1-22-19-29(42(40-22)32-15-2-4-17-44-32)27-13-7-11-25(38-27)23-9-6-10-24(20-23)26-12-8-14-28(39-26)30-21-31(34(35,36)37)41-43(30)33-16-3-5-18-45-33;2*1-14-11-21(31-30-14)19-9-3-7-17(28-19)15-5-2-6-16(12-15)18-8-4-10-20(29-18)22-13-23(33-32-22)24(25,26)27;15-12-5-3-4-9(19-12)10-8-11(14(16,17)18)20-21(10)13-6-1-2-7-22-13;/h6-14,19-21,32-33H,2-5,15-18H2,1H3;2-13H,1H3,(H,30,31)(H,32,33);2-13H,1H3;3-5,8,13H,1-2,6-7H2;/q;;-2;;+2. The molecule has 3 aliphatic rings. The Labute approximate surface area is 780 Å². The number of aromatic nitrogens is 21. The van der Waals surface area contributed by atoms with Gasteiger partial charge in [0.15, 0.2) is 30.1 Å². The maximum absolute atomic E-state index is 13.7. The molecule has 17 heterocycles. The molecule has 2 N–H and O–H groups in total. The summed E-state index contributed by atoms with van der Waals surface area (Å²) in [6.45, 7) is 7.50. The minimum Gasteiger partial charge on any atom is -0.574 e. The predicted octanol–water partition coefficient (Wildman–Crippen LogP) is 23.8. The molecule has 0 radical (unpaired) electrons. The molecule has 0 spiro atoms. The molecule has 3 aliphatic heterocycles. The summed E-state index contributed by atoms with van der Waals surface area (Å²) >= 11 is 3.23. The van der Waals surface area contributed by atoms with Crippen molar-refractivity contribution in [3.63, 3.8) is 0 Å². The van der Waals surface area contributed by atoms with Crippen molar-refractivity contribution in [2.75, 3.05) is 19.8 Å². The fourth-order valence-electron chi connectivity index (χ4n) is 15.3. The maximum atomic E-state index is 13.7. The number of hydrogen-bond acceptors (Lipinski definition) is 17. The van der Waals surface area contributed by atoms with E-state index in [0.717, 1.165) is 166 Å². The van der Waals surface area contributed by atoms with Crippen LogP contribution in [0.5, 0.6) is 0 Å². The second-order valence-corrected chi connectivity index (χ2v) is 32.2. The quantitative estimate of drug-likeness (QED) is 0.0671. The van der Waals surface area contributed by atoms with Crippen molar-refractivity contribution in [2.24, 2.45) is 0 Å². The molecule has 3 fully saturated rings. The number of alkyl halides is 12. The van der Waals surface area contributed by atoms with E-state index in [1.54, 1.807) is 66.7 Å². The molecule has 686 valence electrons. The van der Waals surface area contributed by atoms with E-state index in [9.17, 15) is 52.7 Å². The molecule has 134 heavy (non-hydrogen) atoms. The summed E-state index contributed by atoms with van der Waals surface area (Å²) in [5.74, 6) is 0. The Kier molecular flexibility index (Phi) is 28.3. The van der Waals surface area contributed by atoms with Gasteiger partial charge < -0.3 is 34.6 Å². The molecule has 3 aromatic carbocycles. The first-order valence-electron chi connectivity index (χ1n) is 42.3. The van der Waals surface area contributed by atoms with Gasteiger partial charge in [0.1, 0.15) is 27.4 Å². The number of aryl methyl sites for hydroxylation is 3. The number of ether oxygens (including phenoxy) is 3. The monoisotopic (exact) mass is 2070 g/mol. The van der Waals surface area contributed by atoms with Crippen molar-refractivity contribution < 1.29 is 88.0 Å². The van der Waals surface area contributed by atoms with Gasteiger partial charge in [-0.15, -0.1) is 0 Å². The smallest absolute Gasteiger partial charge is 0.574 e. The van der Waals surface area contributed by atoms with E-state index < -0.39 is 59.9 Å². The van der Waals surface area contributed by atoms with Crippen LogP contribution in [0.25, 0.3) is 147 Å². The first-order chi connectivity index (χ1) is 64.0. The summed E-state index contributed by atoms with van der Waals surface area (Å²) < 4.78 is 180. The van der Waals surface area contributed by atoms with Gasteiger partial charge in [-0.1, -0.05) is 115 Å². The fraction of sp³-hybridized carbons (Fsp3) is 0.229. The Bertz CT molecular complexity index is 6720. The SMILES string of the molecule is Cc1cc(-c2cccc(-c3cccc(-c4cccc(-c5cc(C(F)(F)F)[nH]n5)n4)c3)n2)n[nH]1.Cc1cc(-c2cccc(-c3cccc(-c4cccc(-c5cc(C(F)(F)F)n[n-]5)n4)c3)n2)[n-]n1.Cc1cc(-c2cccc(-c3cccc(-c4cccc(-c5cc(C(F)(F)F)nn5C5CCCCO5)n4)c3)n2)n(C2CCCCO2)n1.FC(F)(F)c1cc(-c2cccc(Br)n2)n(C2CCCCO2)n1.[Pt+2]. The third-order valence-corrected chi connectivity index (χ3v) is 22.1. The number of aromatic amines is 2. The molecule has 14 aromatic heterocycles. The van der Waals surface area contributed by atoms with E-state index in [4.69, 9.17) is 39.2 Å². The molecule has 3 atom stereocenters. The van der Waals surface area contributed by atoms with Crippen molar-refractivity contribution in [3.8, 4) is 147 Å². The Morgan fingerprint density at radius 3 is 1.01 bits per heavy atom. The molecule has 3 unspecified atom stereocenters. The molecule has 20 rings (SSSR count). The second kappa shape index (κ2) is 40.5. The third kappa shape index (κ3) is 22.3. The average molecular weight is 2080 g/mol. The summed E-state index contributed by atoms with van der Waals surface area (Å²) in [6.07, 6.45) is -11.4. The number of rotatable bonds is 16. The van der Waals surface area contributed by atoms with Gasteiger partial charge in [0.25, 0.3) is 0 Å². The van der Waals surface area contributed by atoms with Gasteiger partial charge in [-0.25, -0.2) is 48.9 Å². The van der Waals surface area contributed by atoms with Crippen LogP contribution in [0.4, 0.5) is 52.7 Å². The second-order valence-electron chi connectivity index (χ2n) is 31.4. The van der Waals surface area contributed by atoms with Crippen molar-refractivity contribution >= 4 is 15.9 Å². The largest absolute Gasteiger partial charge is 2.00 e. The van der Waals surface area contributed by atoms with Crippen LogP contribution < -0.4 is 10.2 Å².